The van der Waals surface area contributed by atoms with Crippen LogP contribution in [-0.4, -0.2) is 32.8 Å². The number of rotatable bonds is 1. The Morgan fingerprint density at radius 3 is 2.75 bits per heavy atom. The minimum absolute atomic E-state index is 0.193. The van der Waals surface area contributed by atoms with Crippen molar-refractivity contribution in [1.82, 2.24) is 4.31 Å². The summed E-state index contributed by atoms with van der Waals surface area (Å²) >= 11 is 0. The van der Waals surface area contributed by atoms with Crippen LogP contribution in [0.5, 0.6) is 0 Å². The molecule has 1 aromatic carbocycles. The van der Waals surface area contributed by atoms with Crippen molar-refractivity contribution in [3.63, 3.8) is 0 Å². The molecule has 16 heavy (non-hydrogen) atoms. The molecule has 0 atom stereocenters. The monoisotopic (exact) mass is 241 g/mol. The van der Waals surface area contributed by atoms with E-state index in [2.05, 4.69) is 4.74 Å². The summed E-state index contributed by atoms with van der Waals surface area (Å²) in [4.78, 5) is 11.6. The van der Waals surface area contributed by atoms with Crippen molar-refractivity contribution in [2.24, 2.45) is 0 Å². The van der Waals surface area contributed by atoms with Gasteiger partial charge < -0.3 is 4.74 Å². The number of esters is 1. The number of carbonyl (C=O) groups is 1. The minimum Gasteiger partial charge on any atom is -0.465 e. The zero-order chi connectivity index (χ0) is 11.9. The fourth-order valence-electron chi connectivity index (χ4n) is 1.75. The zero-order valence-electron chi connectivity index (χ0n) is 8.93. The minimum atomic E-state index is -3.42. The normalized spacial score (nSPS) is 18.1. The van der Waals surface area contributed by atoms with Gasteiger partial charge in [0.15, 0.2) is 0 Å². The van der Waals surface area contributed by atoms with Gasteiger partial charge in [0.25, 0.3) is 0 Å². The molecule has 0 saturated heterocycles. The summed E-state index contributed by atoms with van der Waals surface area (Å²) in [5.41, 5.74) is 0.824. The van der Waals surface area contributed by atoms with E-state index in [9.17, 15) is 13.2 Å². The molecule has 2 rings (SSSR count). The maximum Gasteiger partial charge on any atom is 0.338 e. The first-order chi connectivity index (χ1) is 7.48. The molecule has 86 valence electrons. The van der Waals surface area contributed by atoms with E-state index in [0.717, 1.165) is 0 Å². The Bertz CT molecular complexity index is 550. The molecule has 1 aromatic rings. The van der Waals surface area contributed by atoms with Crippen LogP contribution in [0.2, 0.25) is 0 Å². The Morgan fingerprint density at radius 2 is 2.12 bits per heavy atom. The molecular formula is C10H11NO4S. The van der Waals surface area contributed by atoms with E-state index in [1.54, 1.807) is 12.1 Å². The molecule has 0 radical (unpaired) electrons. The van der Waals surface area contributed by atoms with Crippen LogP contribution in [0, 0.1) is 0 Å². The molecule has 0 bridgehead atoms. The highest BCUT2D eigenvalue weighted by Crippen LogP contribution is 2.31. The van der Waals surface area contributed by atoms with Crippen molar-refractivity contribution in [3.05, 3.63) is 29.3 Å². The third-order valence-corrected chi connectivity index (χ3v) is 4.50. The zero-order valence-corrected chi connectivity index (χ0v) is 9.74. The maximum absolute atomic E-state index is 11.8. The summed E-state index contributed by atoms with van der Waals surface area (Å²) in [6.45, 7) is 0.211. The van der Waals surface area contributed by atoms with Gasteiger partial charge in [-0.1, -0.05) is 6.07 Å². The number of benzene rings is 1. The summed E-state index contributed by atoms with van der Waals surface area (Å²) in [7, 11) is -0.668. The van der Waals surface area contributed by atoms with E-state index in [0.29, 0.717) is 11.1 Å². The van der Waals surface area contributed by atoms with Crippen molar-refractivity contribution < 1.29 is 17.9 Å². The maximum atomic E-state index is 11.8. The highest BCUT2D eigenvalue weighted by atomic mass is 32.2. The second kappa shape index (κ2) is 3.57. The van der Waals surface area contributed by atoms with Crippen molar-refractivity contribution in [1.29, 1.82) is 0 Å². The summed E-state index contributed by atoms with van der Waals surface area (Å²) in [5.74, 6) is -0.512. The largest absolute Gasteiger partial charge is 0.465 e. The van der Waals surface area contributed by atoms with Gasteiger partial charge in [-0.15, -0.1) is 0 Å². The SMILES string of the molecule is COC(=O)c1cccc2c1CN(C)S2(=O)=O. The Labute approximate surface area is 93.7 Å². The lowest BCUT2D eigenvalue weighted by molar-refractivity contribution is 0.0599. The molecule has 1 aliphatic heterocycles. The van der Waals surface area contributed by atoms with Crippen LogP contribution in [0.4, 0.5) is 0 Å². The summed E-state index contributed by atoms with van der Waals surface area (Å²) in [6.07, 6.45) is 0. The standard InChI is InChI=1S/C10H11NO4S/c1-11-6-8-7(10(12)15-2)4-3-5-9(8)16(11,13)14/h3-5H,6H2,1-2H3. The summed E-state index contributed by atoms with van der Waals surface area (Å²) in [5, 5.41) is 0. The second-order valence-electron chi connectivity index (χ2n) is 3.53. The van der Waals surface area contributed by atoms with E-state index >= 15 is 0 Å². The first-order valence-corrected chi connectivity index (χ1v) is 6.09. The number of carbonyl (C=O) groups excluding carboxylic acids is 1. The van der Waals surface area contributed by atoms with Gasteiger partial charge in [0.2, 0.25) is 10.0 Å². The Hall–Kier alpha value is -1.40. The van der Waals surface area contributed by atoms with E-state index < -0.39 is 16.0 Å². The third-order valence-electron chi connectivity index (χ3n) is 2.61. The summed E-state index contributed by atoms with van der Waals surface area (Å²) in [6, 6.07) is 4.61. The molecule has 5 nitrogen and oxygen atoms in total. The topological polar surface area (TPSA) is 63.7 Å². The van der Waals surface area contributed by atoms with Crippen molar-refractivity contribution in [2.75, 3.05) is 14.2 Å². The van der Waals surface area contributed by atoms with Crippen LogP contribution in [0.15, 0.2) is 23.1 Å². The van der Waals surface area contributed by atoms with E-state index in [4.69, 9.17) is 0 Å². The van der Waals surface area contributed by atoms with Gasteiger partial charge in [-0.2, -0.15) is 4.31 Å². The van der Waals surface area contributed by atoms with Gasteiger partial charge in [-0.3, -0.25) is 0 Å². The van der Waals surface area contributed by atoms with E-state index in [-0.39, 0.29) is 11.4 Å². The fourth-order valence-corrected chi connectivity index (χ4v) is 3.12. The lowest BCUT2D eigenvalue weighted by Gasteiger charge is -2.04. The predicted octanol–water partition coefficient (Wildman–Crippen LogP) is 0.607. The first-order valence-electron chi connectivity index (χ1n) is 4.65. The number of sulfonamides is 1. The van der Waals surface area contributed by atoms with E-state index in [1.165, 1.54) is 24.5 Å². The van der Waals surface area contributed by atoms with Crippen molar-refractivity contribution in [2.45, 2.75) is 11.4 Å². The predicted molar refractivity (Wildman–Crippen MR) is 56.4 cm³/mol. The lowest BCUT2D eigenvalue weighted by atomic mass is 10.1. The number of ether oxygens (including phenoxy) is 1. The molecule has 6 heteroatoms. The number of nitrogens with zero attached hydrogens (tertiary/aromatic N) is 1. The molecule has 0 aliphatic carbocycles. The molecule has 0 N–H and O–H groups in total. The van der Waals surface area contributed by atoms with Gasteiger partial charge in [-0.25, -0.2) is 13.2 Å². The molecule has 0 fully saturated rings. The van der Waals surface area contributed by atoms with Gasteiger partial charge in [-0.05, 0) is 12.1 Å². The average Bonchev–Trinajstić information content (AvgIpc) is 2.49. The molecule has 1 aliphatic rings. The molecule has 1 heterocycles. The Morgan fingerprint density at radius 1 is 1.44 bits per heavy atom. The van der Waals surface area contributed by atoms with Crippen LogP contribution in [0.3, 0.4) is 0 Å². The van der Waals surface area contributed by atoms with E-state index in [1.807, 2.05) is 0 Å². The molecule has 0 unspecified atom stereocenters. The number of hydrogen-bond donors (Lipinski definition) is 0. The highest BCUT2D eigenvalue weighted by molar-refractivity contribution is 7.89. The third kappa shape index (κ3) is 1.42. The highest BCUT2D eigenvalue weighted by Gasteiger charge is 2.34. The quantitative estimate of drug-likeness (QED) is 0.676. The van der Waals surface area contributed by atoms with Crippen molar-refractivity contribution in [3.8, 4) is 0 Å². The number of fused-ring (bicyclic) bond motifs is 1. The number of methoxy groups -OCH3 is 1. The molecule has 0 spiro atoms. The van der Waals surface area contributed by atoms with Crippen LogP contribution in [0.1, 0.15) is 15.9 Å². The van der Waals surface area contributed by atoms with Crippen LogP contribution < -0.4 is 0 Å². The Kier molecular flexibility index (Phi) is 2.47. The summed E-state index contributed by atoms with van der Waals surface area (Å²) < 4.78 is 29.5. The van der Waals surface area contributed by atoms with Crippen LogP contribution >= 0.6 is 0 Å². The average molecular weight is 241 g/mol. The van der Waals surface area contributed by atoms with Gasteiger partial charge >= 0.3 is 5.97 Å². The molecule has 0 amide bonds. The fraction of sp³-hybridized carbons (Fsp3) is 0.300. The second-order valence-corrected chi connectivity index (χ2v) is 5.55. The Balaban J connectivity index is 2.66. The van der Waals surface area contributed by atoms with Crippen LogP contribution in [-0.2, 0) is 21.3 Å². The van der Waals surface area contributed by atoms with Crippen molar-refractivity contribution >= 4 is 16.0 Å². The smallest absolute Gasteiger partial charge is 0.338 e. The van der Waals surface area contributed by atoms with Gasteiger partial charge in [0.05, 0.1) is 17.6 Å². The first kappa shape index (κ1) is 11.1. The van der Waals surface area contributed by atoms with Gasteiger partial charge in [0, 0.05) is 19.2 Å². The lowest BCUT2D eigenvalue weighted by Crippen LogP contribution is -2.18. The molecule has 0 aromatic heterocycles. The molecule has 0 saturated carbocycles. The van der Waals surface area contributed by atoms with Crippen LogP contribution in [0.25, 0.3) is 0 Å². The number of hydrogen-bond acceptors (Lipinski definition) is 4. The molecular weight excluding hydrogens is 230 g/mol. The van der Waals surface area contributed by atoms with Gasteiger partial charge in [0.1, 0.15) is 0 Å².